The lowest BCUT2D eigenvalue weighted by atomic mass is 9.70. The van der Waals surface area contributed by atoms with Gasteiger partial charge in [-0.1, -0.05) is 194 Å². The topological polar surface area (TPSA) is 64.5 Å². The minimum Gasteiger partial charge on any atom is -0.228 e. The molecule has 5 nitrogen and oxygen atoms in total. The van der Waals surface area contributed by atoms with E-state index >= 15 is 0 Å². The van der Waals surface area contributed by atoms with Crippen molar-refractivity contribution in [2.45, 2.75) is 5.41 Å². The third-order valence-electron chi connectivity index (χ3n) is 12.2. The van der Waals surface area contributed by atoms with Crippen molar-refractivity contribution in [2.24, 2.45) is 0 Å². The van der Waals surface area contributed by atoms with Crippen molar-refractivity contribution >= 4 is 0 Å². The van der Waals surface area contributed by atoms with E-state index in [0.29, 0.717) is 23.3 Å². The molecule has 2 heterocycles. The van der Waals surface area contributed by atoms with Crippen LogP contribution in [-0.2, 0) is 5.41 Å². The summed E-state index contributed by atoms with van der Waals surface area (Å²) in [5.41, 5.74) is 16.8. The Kier molecular flexibility index (Phi) is 8.00. The van der Waals surface area contributed by atoms with E-state index < -0.39 is 5.41 Å². The highest BCUT2D eigenvalue weighted by molar-refractivity contribution is 5.96. The van der Waals surface area contributed by atoms with E-state index in [1.54, 1.807) is 0 Å². The first-order valence-electron chi connectivity index (χ1n) is 20.6. The molecule has 0 N–H and O–H groups in total. The van der Waals surface area contributed by atoms with Crippen molar-refractivity contribution in [3.8, 4) is 90.3 Å². The molecular formula is C56H35N5. The Hall–Kier alpha value is -8.15. The van der Waals surface area contributed by atoms with Crippen molar-refractivity contribution in [1.82, 2.24) is 24.9 Å². The van der Waals surface area contributed by atoms with Crippen LogP contribution in [0.25, 0.3) is 90.3 Å². The van der Waals surface area contributed by atoms with Crippen LogP contribution in [0.3, 0.4) is 0 Å². The van der Waals surface area contributed by atoms with Crippen LogP contribution in [0, 0.1) is 0 Å². The lowest BCUT2D eigenvalue weighted by molar-refractivity contribution is 0.794. The van der Waals surface area contributed by atoms with Crippen molar-refractivity contribution in [2.75, 3.05) is 0 Å². The molecule has 0 amide bonds. The number of aromatic nitrogens is 5. The predicted octanol–water partition coefficient (Wildman–Crippen LogP) is 13.0. The summed E-state index contributed by atoms with van der Waals surface area (Å²) in [6, 6.07) is 74.5. The Balaban J connectivity index is 1.09. The monoisotopic (exact) mass is 777 g/mol. The van der Waals surface area contributed by atoms with Gasteiger partial charge in [0, 0.05) is 33.4 Å². The van der Waals surface area contributed by atoms with Gasteiger partial charge < -0.3 is 0 Å². The number of fused-ring (bicyclic) bond motifs is 10. The second kappa shape index (κ2) is 14.0. The third-order valence-corrected chi connectivity index (χ3v) is 12.2. The summed E-state index contributed by atoms with van der Waals surface area (Å²) in [5, 5.41) is 0. The Labute approximate surface area is 353 Å². The van der Waals surface area contributed by atoms with Crippen LogP contribution in [-0.4, -0.2) is 24.9 Å². The molecule has 8 aromatic carbocycles. The van der Waals surface area contributed by atoms with E-state index in [9.17, 15) is 0 Å². The summed E-state index contributed by atoms with van der Waals surface area (Å²) in [7, 11) is 0. The lowest BCUT2D eigenvalue weighted by Crippen LogP contribution is -2.26. The van der Waals surface area contributed by atoms with E-state index in [2.05, 4.69) is 152 Å². The number of hydrogen-bond donors (Lipinski definition) is 0. The molecule has 0 saturated heterocycles. The summed E-state index contributed by atoms with van der Waals surface area (Å²) >= 11 is 0. The highest BCUT2D eigenvalue weighted by Crippen LogP contribution is 2.63. The molecule has 1 atom stereocenters. The van der Waals surface area contributed by atoms with Crippen molar-refractivity contribution < 1.29 is 0 Å². The van der Waals surface area contributed by atoms with Gasteiger partial charge >= 0.3 is 0 Å². The zero-order chi connectivity index (χ0) is 40.3. The molecule has 2 aliphatic rings. The van der Waals surface area contributed by atoms with Crippen LogP contribution < -0.4 is 0 Å². The van der Waals surface area contributed by atoms with Gasteiger partial charge in [-0.25, -0.2) is 24.9 Å². The van der Waals surface area contributed by atoms with Crippen LogP contribution in [0.1, 0.15) is 22.3 Å². The quantitative estimate of drug-likeness (QED) is 0.168. The highest BCUT2D eigenvalue weighted by atomic mass is 15.0. The van der Waals surface area contributed by atoms with Crippen LogP contribution in [0.5, 0.6) is 0 Å². The van der Waals surface area contributed by atoms with E-state index in [1.807, 2.05) is 60.7 Å². The largest absolute Gasteiger partial charge is 0.228 e. The molecule has 1 spiro atoms. The maximum absolute atomic E-state index is 5.26. The standard InChI is InChI=1S/C56H35N5/c1-5-17-36(18-6-1)50-35-51(58-52(57-50)37-19-7-2-8-20-37)40-29-31-44-42-25-13-15-27-46(42)56(48(44)33-40)47-28-16-14-26-43(47)45-32-30-41(34-49(45)56)55-60-53(38-21-9-3-10-22-38)59-54(61-55)39-23-11-4-12-24-39/h1-35H. The molecule has 61 heavy (non-hydrogen) atoms. The Morgan fingerprint density at radius 3 is 1.07 bits per heavy atom. The van der Waals surface area contributed by atoms with E-state index in [1.165, 1.54) is 44.5 Å². The van der Waals surface area contributed by atoms with E-state index in [4.69, 9.17) is 24.9 Å². The number of nitrogens with zero attached hydrogens (tertiary/aromatic N) is 5. The minimum absolute atomic E-state index is 0.612. The Bertz CT molecular complexity index is 2950. The molecule has 2 aliphatic carbocycles. The molecule has 0 fully saturated rings. The fraction of sp³-hybridized carbons (Fsp3) is 0.0179. The Morgan fingerprint density at radius 2 is 0.574 bits per heavy atom. The fourth-order valence-electron chi connectivity index (χ4n) is 9.44. The minimum atomic E-state index is -0.612. The Morgan fingerprint density at radius 1 is 0.230 bits per heavy atom. The SMILES string of the molecule is c1ccc(-c2cc(-c3ccc4c(c3)C3(c5ccccc5-4)c4ccccc4-c4ccc(-c5nc(-c6ccccc6)nc(-c6ccccc6)n5)cc43)nc(-c3ccccc3)n2)cc1. The van der Waals surface area contributed by atoms with Gasteiger partial charge in [-0.2, -0.15) is 0 Å². The molecule has 0 radical (unpaired) electrons. The van der Waals surface area contributed by atoms with Gasteiger partial charge in [0.05, 0.1) is 16.8 Å². The van der Waals surface area contributed by atoms with E-state index in [0.717, 1.165) is 44.8 Å². The molecule has 10 aromatic rings. The maximum atomic E-state index is 5.26. The summed E-state index contributed by atoms with van der Waals surface area (Å²) in [4.78, 5) is 25.7. The van der Waals surface area contributed by atoms with Crippen LogP contribution in [0.2, 0.25) is 0 Å². The highest BCUT2D eigenvalue weighted by Gasteiger charge is 2.51. The summed E-state index contributed by atoms with van der Waals surface area (Å²) in [6.07, 6.45) is 0. The molecule has 2 aromatic heterocycles. The van der Waals surface area contributed by atoms with Crippen molar-refractivity contribution in [1.29, 1.82) is 0 Å². The van der Waals surface area contributed by atoms with Gasteiger partial charge in [0.1, 0.15) is 0 Å². The first-order valence-corrected chi connectivity index (χ1v) is 20.6. The van der Waals surface area contributed by atoms with Gasteiger partial charge in [0.2, 0.25) is 0 Å². The smallest absolute Gasteiger partial charge is 0.164 e. The van der Waals surface area contributed by atoms with Gasteiger partial charge in [-0.05, 0) is 62.7 Å². The van der Waals surface area contributed by atoms with E-state index in [-0.39, 0.29) is 0 Å². The fourth-order valence-corrected chi connectivity index (χ4v) is 9.44. The summed E-state index contributed by atoms with van der Waals surface area (Å²) in [5.74, 6) is 2.60. The lowest BCUT2D eigenvalue weighted by Gasteiger charge is -2.31. The van der Waals surface area contributed by atoms with Gasteiger partial charge in [-0.15, -0.1) is 0 Å². The van der Waals surface area contributed by atoms with Gasteiger partial charge in [0.15, 0.2) is 23.3 Å². The van der Waals surface area contributed by atoms with Crippen molar-refractivity contribution in [3.63, 3.8) is 0 Å². The predicted molar refractivity (Wildman–Crippen MR) is 244 cm³/mol. The van der Waals surface area contributed by atoms with Crippen LogP contribution in [0.4, 0.5) is 0 Å². The number of rotatable bonds is 6. The molecule has 0 bridgehead atoms. The molecule has 5 heteroatoms. The first-order chi connectivity index (χ1) is 30.2. The summed E-state index contributed by atoms with van der Waals surface area (Å²) < 4.78 is 0. The average Bonchev–Trinajstić information content (AvgIpc) is 3.81. The average molecular weight is 778 g/mol. The molecule has 0 aliphatic heterocycles. The molecule has 284 valence electrons. The normalized spacial score (nSPS) is 14.3. The second-order valence-electron chi connectivity index (χ2n) is 15.6. The van der Waals surface area contributed by atoms with Crippen LogP contribution in [0.15, 0.2) is 212 Å². The zero-order valence-electron chi connectivity index (χ0n) is 32.9. The van der Waals surface area contributed by atoms with Gasteiger partial charge in [-0.3, -0.25) is 0 Å². The molecule has 12 rings (SSSR count). The van der Waals surface area contributed by atoms with Gasteiger partial charge in [0.25, 0.3) is 0 Å². The number of benzene rings is 8. The van der Waals surface area contributed by atoms with Crippen molar-refractivity contribution in [3.05, 3.63) is 235 Å². The zero-order valence-corrected chi connectivity index (χ0v) is 32.9. The molecular weight excluding hydrogens is 743 g/mol. The van der Waals surface area contributed by atoms with Crippen LogP contribution >= 0.6 is 0 Å². The maximum Gasteiger partial charge on any atom is 0.164 e. The first kappa shape index (κ1) is 34.9. The molecule has 1 unspecified atom stereocenters. The second-order valence-corrected chi connectivity index (χ2v) is 15.6. The molecule has 0 saturated carbocycles. The third kappa shape index (κ3) is 5.59. The summed E-state index contributed by atoms with van der Waals surface area (Å²) in [6.45, 7) is 0. The number of hydrogen-bond acceptors (Lipinski definition) is 5.